The van der Waals surface area contributed by atoms with Gasteiger partial charge in [0, 0.05) is 47.7 Å². The van der Waals surface area contributed by atoms with Crippen LogP contribution in [0.5, 0.6) is 17.2 Å². The molecule has 0 radical (unpaired) electrons. The van der Waals surface area contributed by atoms with Crippen LogP contribution in [0.2, 0.25) is 0 Å². The molecule has 0 saturated heterocycles. The van der Waals surface area contributed by atoms with E-state index >= 15 is 0 Å². The number of aliphatic imine (C=N–C) groups is 1. The summed E-state index contributed by atoms with van der Waals surface area (Å²) < 4.78 is 30.4. The van der Waals surface area contributed by atoms with Gasteiger partial charge in [-0.3, -0.25) is 19.5 Å². The topological polar surface area (TPSA) is 152 Å². The molecule has 3 aromatic heterocycles. The fourth-order valence-corrected chi connectivity index (χ4v) is 5.77. The highest BCUT2D eigenvalue weighted by molar-refractivity contribution is 6.46. The van der Waals surface area contributed by atoms with E-state index in [1.165, 1.54) is 0 Å². The standard InChI is InChI=1S/C37H38N6O7/c1-7-43-32(33(22(4)42-43)49-20-23-12-10-9-11-13-23)36-41-31(34(50-36)37(45)48-8-2)29-27-19-38-21(3)16-26(27)30(40-29)35(44)39-18-24-14-15-25(46-5)17-28(24)47-6/h9-17,19,29H,7-8,18,20H2,1-6H3,(H,39,44). The van der Waals surface area contributed by atoms with Gasteiger partial charge in [-0.2, -0.15) is 5.10 Å². The van der Waals surface area contributed by atoms with Crippen LogP contribution in [0.1, 0.15) is 69.8 Å². The summed E-state index contributed by atoms with van der Waals surface area (Å²) in [5.41, 5.74) is 5.02. The number of esters is 1. The molecular weight excluding hydrogens is 640 g/mol. The van der Waals surface area contributed by atoms with Gasteiger partial charge in [0.2, 0.25) is 11.7 Å². The highest BCUT2D eigenvalue weighted by Crippen LogP contribution is 2.41. The first-order valence-electron chi connectivity index (χ1n) is 16.2. The zero-order chi connectivity index (χ0) is 35.4. The summed E-state index contributed by atoms with van der Waals surface area (Å²) in [7, 11) is 3.13. The molecule has 13 nitrogen and oxygen atoms in total. The number of pyridine rings is 1. The van der Waals surface area contributed by atoms with Gasteiger partial charge >= 0.3 is 5.97 Å². The Labute approximate surface area is 289 Å². The molecule has 258 valence electrons. The largest absolute Gasteiger partial charge is 0.497 e. The predicted octanol–water partition coefficient (Wildman–Crippen LogP) is 5.55. The quantitative estimate of drug-likeness (QED) is 0.157. The third-order valence-corrected chi connectivity index (χ3v) is 8.20. The average molecular weight is 679 g/mol. The van der Waals surface area contributed by atoms with Gasteiger partial charge in [0.25, 0.3) is 5.91 Å². The zero-order valence-electron chi connectivity index (χ0n) is 28.8. The summed E-state index contributed by atoms with van der Waals surface area (Å²) in [4.78, 5) is 41.3. The van der Waals surface area contributed by atoms with E-state index in [0.29, 0.717) is 52.0 Å². The molecule has 50 heavy (non-hydrogen) atoms. The Balaban J connectivity index is 1.39. The number of carbonyl (C=O) groups is 2. The number of oxazole rings is 1. The molecule has 1 amide bonds. The SMILES string of the molecule is CCOC(=O)c1oc(-c2c(OCc3ccccc3)c(C)nn2CC)nc1C1N=C(C(=O)NCc2ccc(OC)cc2OC)c2cc(C)ncc21. The van der Waals surface area contributed by atoms with E-state index < -0.39 is 17.9 Å². The predicted molar refractivity (Wildman–Crippen MR) is 184 cm³/mol. The van der Waals surface area contributed by atoms with Crippen molar-refractivity contribution < 1.29 is 33.0 Å². The summed E-state index contributed by atoms with van der Waals surface area (Å²) in [5.74, 6) is 0.508. The number of nitrogens with one attached hydrogen (secondary N) is 1. The van der Waals surface area contributed by atoms with Gasteiger partial charge < -0.3 is 28.7 Å². The third-order valence-electron chi connectivity index (χ3n) is 8.20. The number of fused-ring (bicyclic) bond motifs is 1. The highest BCUT2D eigenvalue weighted by atomic mass is 16.5. The van der Waals surface area contributed by atoms with Crippen molar-refractivity contribution in [3.63, 3.8) is 0 Å². The molecule has 13 heteroatoms. The minimum absolute atomic E-state index is 0.106. The first kappa shape index (κ1) is 33.9. The third kappa shape index (κ3) is 6.66. The van der Waals surface area contributed by atoms with Gasteiger partial charge in [0.05, 0.1) is 20.8 Å². The second-order valence-corrected chi connectivity index (χ2v) is 11.5. The molecule has 5 aromatic rings. The van der Waals surface area contributed by atoms with E-state index in [1.807, 2.05) is 57.2 Å². The first-order valence-corrected chi connectivity index (χ1v) is 16.2. The summed E-state index contributed by atoms with van der Waals surface area (Å²) >= 11 is 0. The first-order chi connectivity index (χ1) is 24.3. The monoisotopic (exact) mass is 678 g/mol. The Bertz CT molecular complexity index is 2070. The van der Waals surface area contributed by atoms with Crippen molar-refractivity contribution in [2.45, 2.75) is 53.4 Å². The second kappa shape index (κ2) is 14.6. The molecule has 0 bridgehead atoms. The maximum Gasteiger partial charge on any atom is 0.376 e. The van der Waals surface area contributed by atoms with Crippen molar-refractivity contribution in [3.8, 4) is 28.8 Å². The van der Waals surface area contributed by atoms with Crippen molar-refractivity contribution >= 4 is 17.6 Å². The lowest BCUT2D eigenvalue weighted by Crippen LogP contribution is -2.30. The van der Waals surface area contributed by atoms with Gasteiger partial charge in [0.1, 0.15) is 41.2 Å². The molecule has 0 aliphatic carbocycles. The molecule has 1 atom stereocenters. The minimum atomic E-state index is -0.890. The van der Waals surface area contributed by atoms with Crippen LogP contribution in [0.25, 0.3) is 11.6 Å². The average Bonchev–Trinajstić information content (AvgIpc) is 3.82. The second-order valence-electron chi connectivity index (χ2n) is 11.5. The summed E-state index contributed by atoms with van der Waals surface area (Å²) in [6.07, 6.45) is 1.64. The Morgan fingerprint density at radius 1 is 1.02 bits per heavy atom. The lowest BCUT2D eigenvalue weighted by molar-refractivity contribution is -0.114. The van der Waals surface area contributed by atoms with Crippen LogP contribution in [0.15, 0.2) is 70.2 Å². The fourth-order valence-electron chi connectivity index (χ4n) is 5.77. The molecule has 1 aliphatic rings. The number of aryl methyl sites for hydroxylation is 3. The van der Waals surface area contributed by atoms with E-state index in [4.69, 9.17) is 33.3 Å². The fraction of sp³-hybridized carbons (Fsp3) is 0.297. The summed E-state index contributed by atoms with van der Waals surface area (Å²) in [6.45, 7) is 8.35. The lowest BCUT2D eigenvalue weighted by atomic mass is 10.00. The van der Waals surface area contributed by atoms with Crippen LogP contribution in [-0.4, -0.2) is 58.2 Å². The van der Waals surface area contributed by atoms with Crippen LogP contribution < -0.4 is 19.5 Å². The number of rotatable bonds is 13. The number of benzene rings is 2. The van der Waals surface area contributed by atoms with Crippen LogP contribution in [0, 0.1) is 13.8 Å². The summed E-state index contributed by atoms with van der Waals surface area (Å²) in [6, 6.07) is 16.0. The molecule has 0 saturated carbocycles. The van der Waals surface area contributed by atoms with Crippen LogP contribution >= 0.6 is 0 Å². The molecule has 1 unspecified atom stereocenters. The molecule has 1 aliphatic heterocycles. The smallest absolute Gasteiger partial charge is 0.376 e. The number of ether oxygens (including phenoxy) is 4. The number of hydrogen-bond donors (Lipinski definition) is 1. The van der Waals surface area contributed by atoms with E-state index in [0.717, 1.165) is 11.1 Å². The molecule has 4 heterocycles. The van der Waals surface area contributed by atoms with Crippen molar-refractivity contribution in [2.75, 3.05) is 20.8 Å². The Hall–Kier alpha value is -5.98. The zero-order valence-corrected chi connectivity index (χ0v) is 28.8. The number of aromatic nitrogens is 4. The highest BCUT2D eigenvalue weighted by Gasteiger charge is 2.38. The van der Waals surface area contributed by atoms with Crippen molar-refractivity contribution in [1.29, 1.82) is 0 Å². The van der Waals surface area contributed by atoms with Gasteiger partial charge in [-0.15, -0.1) is 0 Å². The van der Waals surface area contributed by atoms with Crippen LogP contribution in [-0.2, 0) is 29.2 Å². The normalized spacial score (nSPS) is 13.4. The Morgan fingerprint density at radius 2 is 1.82 bits per heavy atom. The molecule has 0 spiro atoms. The van der Waals surface area contributed by atoms with E-state index in [1.54, 1.807) is 50.2 Å². The number of amides is 1. The van der Waals surface area contributed by atoms with Crippen molar-refractivity contribution in [2.24, 2.45) is 4.99 Å². The maximum atomic E-state index is 13.8. The lowest BCUT2D eigenvalue weighted by Gasteiger charge is -2.11. The number of methoxy groups -OCH3 is 2. The molecule has 1 N–H and O–H groups in total. The minimum Gasteiger partial charge on any atom is -0.497 e. The van der Waals surface area contributed by atoms with Crippen molar-refractivity contribution in [3.05, 3.63) is 106 Å². The number of hydrogen-bond acceptors (Lipinski definition) is 11. The summed E-state index contributed by atoms with van der Waals surface area (Å²) in [5, 5.41) is 7.61. The molecule has 0 fully saturated rings. The van der Waals surface area contributed by atoms with Gasteiger partial charge in [-0.05, 0) is 51.5 Å². The Morgan fingerprint density at radius 3 is 2.54 bits per heavy atom. The Kier molecular flexibility index (Phi) is 9.93. The van der Waals surface area contributed by atoms with Gasteiger partial charge in [-0.1, -0.05) is 30.3 Å². The van der Waals surface area contributed by atoms with E-state index in [2.05, 4.69) is 15.4 Å². The van der Waals surface area contributed by atoms with Crippen LogP contribution in [0.3, 0.4) is 0 Å². The number of carbonyl (C=O) groups excluding carboxylic acids is 2. The molecule has 6 rings (SSSR count). The molecular formula is C37H38N6O7. The van der Waals surface area contributed by atoms with Gasteiger partial charge in [-0.25, -0.2) is 9.78 Å². The van der Waals surface area contributed by atoms with E-state index in [9.17, 15) is 9.59 Å². The number of nitrogens with zero attached hydrogens (tertiary/aromatic N) is 5. The van der Waals surface area contributed by atoms with Gasteiger partial charge in [0.15, 0.2) is 11.4 Å². The molecule has 2 aromatic carbocycles. The van der Waals surface area contributed by atoms with E-state index in [-0.39, 0.29) is 42.8 Å². The van der Waals surface area contributed by atoms with Crippen molar-refractivity contribution in [1.82, 2.24) is 25.1 Å². The van der Waals surface area contributed by atoms with Crippen LogP contribution in [0.4, 0.5) is 0 Å². The maximum absolute atomic E-state index is 13.8.